The second-order valence-electron chi connectivity index (χ2n) is 4.36. The lowest BCUT2D eigenvalue weighted by Crippen LogP contribution is -2.22. The van der Waals surface area contributed by atoms with E-state index in [1.165, 1.54) is 12.1 Å². The summed E-state index contributed by atoms with van der Waals surface area (Å²) < 4.78 is 19.7. The van der Waals surface area contributed by atoms with Gasteiger partial charge in [-0.3, -0.25) is 0 Å². The number of amides is 1. The summed E-state index contributed by atoms with van der Waals surface area (Å²) in [5.74, 6) is -0.482. The van der Waals surface area contributed by atoms with E-state index in [1.54, 1.807) is 0 Å². The van der Waals surface area contributed by atoms with Crippen LogP contribution in [-0.2, 0) is 4.74 Å². The topological polar surface area (TPSA) is 51.2 Å². The SMILES string of the molecule is O=C1N[C@H](c2nc(Br)ccc2F)[C@@H](c2ccccc2)O1. The molecule has 1 fully saturated rings. The summed E-state index contributed by atoms with van der Waals surface area (Å²) in [6.07, 6.45) is -1.18. The number of cyclic esters (lactones) is 1. The predicted octanol–water partition coefficient (Wildman–Crippen LogP) is 3.51. The highest BCUT2D eigenvalue weighted by atomic mass is 79.9. The minimum Gasteiger partial charge on any atom is -0.439 e. The summed E-state index contributed by atoms with van der Waals surface area (Å²) in [6.45, 7) is 0. The average molecular weight is 337 g/mol. The molecule has 1 aliphatic rings. The third kappa shape index (κ3) is 2.38. The van der Waals surface area contributed by atoms with Crippen molar-refractivity contribution in [2.75, 3.05) is 0 Å². The molecule has 2 atom stereocenters. The zero-order valence-electron chi connectivity index (χ0n) is 10.2. The van der Waals surface area contributed by atoms with Crippen molar-refractivity contribution in [2.45, 2.75) is 12.1 Å². The van der Waals surface area contributed by atoms with Gasteiger partial charge < -0.3 is 10.1 Å². The number of benzene rings is 1. The quantitative estimate of drug-likeness (QED) is 0.854. The molecular weight excluding hydrogens is 327 g/mol. The van der Waals surface area contributed by atoms with Gasteiger partial charge >= 0.3 is 6.09 Å². The van der Waals surface area contributed by atoms with Gasteiger partial charge in [-0.2, -0.15) is 0 Å². The number of nitrogens with zero attached hydrogens (tertiary/aromatic N) is 1. The van der Waals surface area contributed by atoms with Crippen molar-refractivity contribution < 1.29 is 13.9 Å². The highest BCUT2D eigenvalue weighted by Crippen LogP contribution is 2.36. The van der Waals surface area contributed by atoms with Gasteiger partial charge in [0.1, 0.15) is 22.2 Å². The fourth-order valence-corrected chi connectivity index (χ4v) is 2.51. The van der Waals surface area contributed by atoms with Gasteiger partial charge in [-0.1, -0.05) is 30.3 Å². The van der Waals surface area contributed by atoms with Crippen molar-refractivity contribution in [3.05, 3.63) is 64.1 Å². The van der Waals surface area contributed by atoms with Crippen molar-refractivity contribution in [3.63, 3.8) is 0 Å². The summed E-state index contributed by atoms with van der Waals surface area (Å²) in [7, 11) is 0. The standard InChI is InChI=1S/C14H10BrFN2O2/c15-10-7-6-9(16)11(17-10)12-13(20-14(19)18-12)8-4-2-1-3-5-8/h1-7,12-13H,(H,18,19)/t12-,13-/m1/s1. The van der Waals surface area contributed by atoms with Crippen LogP contribution in [0.1, 0.15) is 23.4 Å². The zero-order valence-corrected chi connectivity index (χ0v) is 11.8. The molecule has 0 unspecified atom stereocenters. The molecule has 3 rings (SSSR count). The van der Waals surface area contributed by atoms with Crippen molar-refractivity contribution in [1.82, 2.24) is 10.3 Å². The Bertz CT molecular complexity index is 651. The molecular formula is C14H10BrFN2O2. The Morgan fingerprint density at radius 2 is 1.95 bits per heavy atom. The van der Waals surface area contributed by atoms with E-state index in [1.807, 2.05) is 30.3 Å². The Morgan fingerprint density at radius 1 is 1.20 bits per heavy atom. The number of carbonyl (C=O) groups excluding carboxylic acids is 1. The van der Waals surface area contributed by atoms with Crippen molar-refractivity contribution >= 4 is 22.0 Å². The first kappa shape index (κ1) is 13.1. The number of pyridine rings is 1. The maximum atomic E-state index is 13.9. The number of hydrogen-bond donors (Lipinski definition) is 1. The number of ether oxygens (including phenoxy) is 1. The van der Waals surface area contributed by atoms with Crippen LogP contribution in [-0.4, -0.2) is 11.1 Å². The van der Waals surface area contributed by atoms with Crippen LogP contribution >= 0.6 is 15.9 Å². The lowest BCUT2D eigenvalue weighted by atomic mass is 10.00. The number of alkyl carbamates (subject to hydrolysis) is 1. The normalized spacial score (nSPS) is 21.4. The van der Waals surface area contributed by atoms with Gasteiger partial charge in [0.2, 0.25) is 0 Å². The Hall–Kier alpha value is -1.95. The minimum atomic E-state index is -0.651. The van der Waals surface area contributed by atoms with Gasteiger partial charge in [0, 0.05) is 0 Å². The molecule has 4 nitrogen and oxygen atoms in total. The van der Waals surface area contributed by atoms with E-state index in [0.717, 1.165) is 5.56 Å². The summed E-state index contributed by atoms with van der Waals surface area (Å²) in [6, 6.07) is 11.4. The molecule has 0 aliphatic carbocycles. The number of nitrogens with one attached hydrogen (secondary N) is 1. The lowest BCUT2D eigenvalue weighted by Gasteiger charge is -2.17. The van der Waals surface area contributed by atoms with Gasteiger partial charge in [-0.05, 0) is 33.6 Å². The number of aromatic nitrogens is 1. The molecule has 20 heavy (non-hydrogen) atoms. The van der Waals surface area contributed by atoms with Crippen LogP contribution in [0.25, 0.3) is 0 Å². The molecule has 1 amide bonds. The fourth-order valence-electron chi connectivity index (χ4n) is 2.19. The second-order valence-corrected chi connectivity index (χ2v) is 5.17. The lowest BCUT2D eigenvalue weighted by molar-refractivity contribution is 0.131. The zero-order chi connectivity index (χ0) is 14.1. The molecule has 0 radical (unpaired) electrons. The van der Waals surface area contributed by atoms with Crippen LogP contribution in [0, 0.1) is 5.82 Å². The van der Waals surface area contributed by atoms with Crippen LogP contribution in [0.3, 0.4) is 0 Å². The van der Waals surface area contributed by atoms with Crippen molar-refractivity contribution in [2.24, 2.45) is 0 Å². The van der Waals surface area contributed by atoms with Gasteiger partial charge in [-0.15, -0.1) is 0 Å². The minimum absolute atomic E-state index is 0.152. The van der Waals surface area contributed by atoms with E-state index in [4.69, 9.17) is 4.74 Å². The molecule has 0 saturated carbocycles. The first-order valence-electron chi connectivity index (χ1n) is 5.99. The van der Waals surface area contributed by atoms with Crippen LogP contribution < -0.4 is 5.32 Å². The molecule has 1 aromatic carbocycles. The molecule has 0 spiro atoms. The maximum Gasteiger partial charge on any atom is 0.408 e. The summed E-state index contributed by atoms with van der Waals surface area (Å²) >= 11 is 3.20. The Balaban J connectivity index is 2.02. The second kappa shape index (κ2) is 5.20. The Labute approximate surface area is 123 Å². The van der Waals surface area contributed by atoms with Gasteiger partial charge in [0.15, 0.2) is 6.10 Å². The van der Waals surface area contributed by atoms with Gasteiger partial charge in [-0.25, -0.2) is 14.2 Å². The average Bonchev–Trinajstić information content (AvgIpc) is 2.84. The van der Waals surface area contributed by atoms with E-state index in [-0.39, 0.29) is 5.69 Å². The molecule has 2 heterocycles. The van der Waals surface area contributed by atoms with Crippen LogP contribution in [0.15, 0.2) is 47.1 Å². The Kier molecular flexibility index (Phi) is 3.40. The number of rotatable bonds is 2. The molecule has 1 aliphatic heterocycles. The summed E-state index contributed by atoms with van der Waals surface area (Å²) in [5, 5.41) is 2.60. The van der Waals surface area contributed by atoms with Gasteiger partial charge in [0.25, 0.3) is 0 Å². The molecule has 6 heteroatoms. The highest BCUT2D eigenvalue weighted by molar-refractivity contribution is 9.10. The number of hydrogen-bond acceptors (Lipinski definition) is 3. The largest absolute Gasteiger partial charge is 0.439 e. The van der Waals surface area contributed by atoms with Crippen LogP contribution in [0.4, 0.5) is 9.18 Å². The van der Waals surface area contributed by atoms with Crippen molar-refractivity contribution in [1.29, 1.82) is 0 Å². The van der Waals surface area contributed by atoms with Crippen molar-refractivity contribution in [3.8, 4) is 0 Å². The van der Waals surface area contributed by atoms with Crippen LogP contribution in [0.2, 0.25) is 0 Å². The Morgan fingerprint density at radius 3 is 2.70 bits per heavy atom. The molecule has 1 saturated heterocycles. The monoisotopic (exact) mass is 336 g/mol. The van der Waals surface area contributed by atoms with E-state index in [9.17, 15) is 9.18 Å². The predicted molar refractivity (Wildman–Crippen MR) is 73.4 cm³/mol. The van der Waals surface area contributed by atoms with E-state index in [2.05, 4.69) is 26.2 Å². The molecule has 1 aromatic heterocycles. The first-order chi connectivity index (χ1) is 9.65. The molecule has 102 valence electrons. The summed E-state index contributed by atoms with van der Waals surface area (Å²) in [4.78, 5) is 15.6. The number of carbonyl (C=O) groups is 1. The highest BCUT2D eigenvalue weighted by Gasteiger charge is 2.38. The third-order valence-electron chi connectivity index (χ3n) is 3.07. The van der Waals surface area contributed by atoms with E-state index < -0.39 is 24.1 Å². The third-order valence-corrected chi connectivity index (χ3v) is 3.51. The van der Waals surface area contributed by atoms with Gasteiger partial charge in [0.05, 0.1) is 0 Å². The first-order valence-corrected chi connectivity index (χ1v) is 6.78. The maximum absolute atomic E-state index is 13.9. The smallest absolute Gasteiger partial charge is 0.408 e. The van der Waals surface area contributed by atoms with E-state index in [0.29, 0.717) is 4.60 Å². The summed E-state index contributed by atoms with van der Waals surface area (Å²) in [5.41, 5.74) is 0.941. The number of halogens is 2. The molecule has 2 aromatic rings. The van der Waals surface area contributed by atoms with E-state index >= 15 is 0 Å². The molecule has 1 N–H and O–H groups in total. The van der Waals surface area contributed by atoms with Crippen LogP contribution in [0.5, 0.6) is 0 Å². The fraction of sp³-hybridized carbons (Fsp3) is 0.143. The molecule has 0 bridgehead atoms.